The Morgan fingerprint density at radius 3 is 2.93 bits per heavy atom. The molecular weight excluding hydrogens is 172 g/mol. The monoisotopic (exact) mass is 188 g/mol. The molecule has 0 radical (unpaired) electrons. The first-order valence-electron chi connectivity index (χ1n) is 4.76. The predicted octanol–water partition coefficient (Wildman–Crippen LogP) is 1.63. The third kappa shape index (κ3) is 3.59. The molecule has 14 heavy (non-hydrogen) atoms. The Morgan fingerprint density at radius 1 is 1.57 bits per heavy atom. The zero-order valence-electron chi connectivity index (χ0n) is 8.75. The summed E-state index contributed by atoms with van der Waals surface area (Å²) < 4.78 is 0. The molecule has 74 valence electrons. The van der Waals surface area contributed by atoms with Crippen LogP contribution in [0.4, 0.5) is 0 Å². The van der Waals surface area contributed by atoms with Gasteiger partial charge in [0, 0.05) is 18.9 Å². The van der Waals surface area contributed by atoms with Crippen LogP contribution in [0.25, 0.3) is 0 Å². The highest BCUT2D eigenvalue weighted by atomic mass is 14.9. The smallest absolute Gasteiger partial charge is 0.0741 e. The quantitative estimate of drug-likeness (QED) is 0.726. The molecule has 0 aliphatic heterocycles. The van der Waals surface area contributed by atoms with Crippen molar-refractivity contribution in [2.45, 2.75) is 25.8 Å². The topological polar surface area (TPSA) is 24.9 Å². The van der Waals surface area contributed by atoms with Gasteiger partial charge in [0.2, 0.25) is 0 Å². The van der Waals surface area contributed by atoms with E-state index in [4.69, 9.17) is 6.42 Å². The van der Waals surface area contributed by atoms with Gasteiger partial charge in [-0.25, -0.2) is 0 Å². The second-order valence-corrected chi connectivity index (χ2v) is 3.81. The molecule has 0 fully saturated rings. The molecule has 2 nitrogen and oxygen atoms in total. The molecule has 0 unspecified atom stereocenters. The minimum Gasteiger partial charge on any atom is -0.301 e. The second-order valence-electron chi connectivity index (χ2n) is 3.81. The minimum atomic E-state index is -0.220. The molecule has 0 bridgehead atoms. The van der Waals surface area contributed by atoms with Gasteiger partial charge in [-0.3, -0.25) is 4.98 Å². The van der Waals surface area contributed by atoms with Crippen molar-refractivity contribution < 1.29 is 0 Å². The van der Waals surface area contributed by atoms with Crippen LogP contribution in [-0.2, 0) is 6.42 Å². The highest BCUT2D eigenvalue weighted by Crippen LogP contribution is 2.00. The first-order chi connectivity index (χ1) is 6.64. The number of aromatic nitrogens is 1. The maximum absolute atomic E-state index is 5.36. The van der Waals surface area contributed by atoms with Gasteiger partial charge >= 0.3 is 0 Å². The van der Waals surface area contributed by atoms with Crippen LogP contribution in [-0.4, -0.2) is 17.1 Å². The molecule has 0 aromatic carbocycles. The van der Waals surface area contributed by atoms with E-state index >= 15 is 0 Å². The summed E-state index contributed by atoms with van der Waals surface area (Å²) in [6.07, 6.45) is 9.98. The molecule has 0 spiro atoms. The molecule has 1 aromatic rings. The molecule has 0 saturated carbocycles. The van der Waals surface area contributed by atoms with Gasteiger partial charge in [0.15, 0.2) is 0 Å². The molecule has 0 aliphatic carbocycles. The van der Waals surface area contributed by atoms with E-state index in [9.17, 15) is 0 Å². The van der Waals surface area contributed by atoms with Crippen LogP contribution in [0.15, 0.2) is 24.5 Å². The number of nitrogens with zero attached hydrogens (tertiary/aromatic N) is 1. The standard InChI is InChI=1S/C12H16N2/c1-4-12(2,3)14-9-7-11-6-5-8-13-10-11/h1,5-6,8,10,14H,7,9H2,2-3H3. The summed E-state index contributed by atoms with van der Waals surface area (Å²) in [4.78, 5) is 4.05. The fraction of sp³-hybridized carbons (Fsp3) is 0.417. The van der Waals surface area contributed by atoms with Crippen molar-refractivity contribution in [3.8, 4) is 12.3 Å². The third-order valence-electron chi connectivity index (χ3n) is 2.06. The molecule has 0 amide bonds. The molecule has 0 atom stereocenters. The van der Waals surface area contributed by atoms with Crippen molar-refractivity contribution >= 4 is 0 Å². The molecule has 2 heteroatoms. The van der Waals surface area contributed by atoms with Gasteiger partial charge < -0.3 is 5.32 Å². The van der Waals surface area contributed by atoms with E-state index < -0.39 is 0 Å². The van der Waals surface area contributed by atoms with Crippen LogP contribution in [0.1, 0.15) is 19.4 Å². The number of rotatable bonds is 4. The molecule has 0 saturated heterocycles. The zero-order valence-corrected chi connectivity index (χ0v) is 8.75. The van der Waals surface area contributed by atoms with Crippen molar-refractivity contribution in [2.24, 2.45) is 0 Å². The van der Waals surface area contributed by atoms with E-state index in [0.717, 1.165) is 13.0 Å². The number of hydrogen-bond acceptors (Lipinski definition) is 2. The number of nitrogens with one attached hydrogen (secondary N) is 1. The number of hydrogen-bond donors (Lipinski definition) is 1. The Kier molecular flexibility index (Phi) is 3.67. The summed E-state index contributed by atoms with van der Waals surface area (Å²) >= 11 is 0. The molecule has 1 N–H and O–H groups in total. The number of pyridine rings is 1. The Hall–Kier alpha value is -1.33. The lowest BCUT2D eigenvalue weighted by Gasteiger charge is -2.19. The Balaban J connectivity index is 2.34. The summed E-state index contributed by atoms with van der Waals surface area (Å²) in [5, 5.41) is 3.29. The number of terminal acetylenes is 1. The second kappa shape index (κ2) is 4.78. The summed E-state index contributed by atoms with van der Waals surface area (Å²) in [5.74, 6) is 2.70. The van der Waals surface area contributed by atoms with Crippen molar-refractivity contribution in [1.82, 2.24) is 10.3 Å². The van der Waals surface area contributed by atoms with Gasteiger partial charge in [-0.15, -0.1) is 6.42 Å². The van der Waals surface area contributed by atoms with Crippen molar-refractivity contribution in [1.29, 1.82) is 0 Å². The normalized spacial score (nSPS) is 10.9. The largest absolute Gasteiger partial charge is 0.301 e. The van der Waals surface area contributed by atoms with Crippen LogP contribution < -0.4 is 5.32 Å². The molecular formula is C12H16N2. The van der Waals surface area contributed by atoms with Gasteiger partial charge in [-0.05, 0) is 31.9 Å². The van der Waals surface area contributed by atoms with E-state index in [0.29, 0.717) is 0 Å². The lowest BCUT2D eigenvalue weighted by atomic mass is 10.1. The van der Waals surface area contributed by atoms with Crippen molar-refractivity contribution in [3.63, 3.8) is 0 Å². The fourth-order valence-electron chi connectivity index (χ4n) is 1.12. The van der Waals surface area contributed by atoms with E-state index in [1.54, 1.807) is 6.20 Å². The third-order valence-corrected chi connectivity index (χ3v) is 2.06. The van der Waals surface area contributed by atoms with Gasteiger partial charge in [-0.2, -0.15) is 0 Å². The van der Waals surface area contributed by atoms with Crippen LogP contribution >= 0.6 is 0 Å². The zero-order chi connectivity index (χ0) is 10.4. The summed E-state index contributed by atoms with van der Waals surface area (Å²) in [7, 11) is 0. The fourth-order valence-corrected chi connectivity index (χ4v) is 1.12. The lowest BCUT2D eigenvalue weighted by molar-refractivity contribution is 0.495. The highest BCUT2D eigenvalue weighted by molar-refractivity contribution is 5.11. The molecule has 1 aromatic heterocycles. The first kappa shape index (κ1) is 10.7. The average Bonchev–Trinajstić information content (AvgIpc) is 2.19. The van der Waals surface area contributed by atoms with Gasteiger partial charge in [0.25, 0.3) is 0 Å². The Bertz CT molecular complexity index is 309. The van der Waals surface area contributed by atoms with Gasteiger partial charge in [0.05, 0.1) is 5.54 Å². The average molecular weight is 188 g/mol. The summed E-state index contributed by atoms with van der Waals surface area (Å²) in [6.45, 7) is 4.87. The molecule has 0 aliphatic rings. The Morgan fingerprint density at radius 2 is 2.36 bits per heavy atom. The van der Waals surface area contributed by atoms with E-state index in [2.05, 4.69) is 22.3 Å². The van der Waals surface area contributed by atoms with Gasteiger partial charge in [0.1, 0.15) is 0 Å². The van der Waals surface area contributed by atoms with E-state index in [1.807, 2.05) is 26.1 Å². The van der Waals surface area contributed by atoms with Crippen LogP contribution in [0.5, 0.6) is 0 Å². The minimum absolute atomic E-state index is 0.220. The van der Waals surface area contributed by atoms with Crippen molar-refractivity contribution in [3.05, 3.63) is 30.1 Å². The predicted molar refractivity (Wildman–Crippen MR) is 58.9 cm³/mol. The summed E-state index contributed by atoms with van der Waals surface area (Å²) in [6, 6.07) is 4.01. The Labute approximate surface area is 85.8 Å². The lowest BCUT2D eigenvalue weighted by Crippen LogP contribution is -2.38. The molecule has 1 rings (SSSR count). The van der Waals surface area contributed by atoms with Crippen LogP contribution in [0, 0.1) is 12.3 Å². The SMILES string of the molecule is C#CC(C)(C)NCCc1cccnc1. The summed E-state index contributed by atoms with van der Waals surface area (Å²) in [5.41, 5.74) is 1.01. The van der Waals surface area contributed by atoms with E-state index in [1.165, 1.54) is 5.56 Å². The highest BCUT2D eigenvalue weighted by Gasteiger charge is 2.11. The van der Waals surface area contributed by atoms with Crippen molar-refractivity contribution in [2.75, 3.05) is 6.54 Å². The van der Waals surface area contributed by atoms with Crippen LogP contribution in [0.3, 0.4) is 0 Å². The van der Waals surface area contributed by atoms with Crippen LogP contribution in [0.2, 0.25) is 0 Å². The molecule has 1 heterocycles. The van der Waals surface area contributed by atoms with Gasteiger partial charge in [-0.1, -0.05) is 12.0 Å². The first-order valence-corrected chi connectivity index (χ1v) is 4.76. The maximum Gasteiger partial charge on any atom is 0.0741 e. The maximum atomic E-state index is 5.36. The van der Waals surface area contributed by atoms with E-state index in [-0.39, 0.29) is 5.54 Å².